The lowest BCUT2D eigenvalue weighted by Crippen LogP contribution is -2.34. The summed E-state index contributed by atoms with van der Waals surface area (Å²) in [7, 11) is 0. The maximum atomic E-state index is 9.60. The van der Waals surface area contributed by atoms with Crippen LogP contribution in [0.15, 0.2) is 54.6 Å². The standard InChI is InChI=1S/C14H21NO2.C6H6/c1-3-9(2)12-7-11(8-15)17-14-5-4-10(16)6-13(12)14;1-2-4-6-5-3-1/h4-6,9,11-12,16H,3,7-8,15H2,1-2H3;1-6H. The number of hydrogen-bond acceptors (Lipinski definition) is 3. The highest BCUT2D eigenvalue weighted by Crippen LogP contribution is 2.42. The molecule has 2 aromatic carbocycles. The number of aromatic hydroxyl groups is 1. The van der Waals surface area contributed by atoms with Gasteiger partial charge in [-0.1, -0.05) is 56.7 Å². The summed E-state index contributed by atoms with van der Waals surface area (Å²) in [5, 5.41) is 9.60. The van der Waals surface area contributed by atoms with Gasteiger partial charge in [0.25, 0.3) is 0 Å². The van der Waals surface area contributed by atoms with Crippen LogP contribution in [0.3, 0.4) is 0 Å². The van der Waals surface area contributed by atoms with Gasteiger partial charge in [0.15, 0.2) is 0 Å². The molecule has 124 valence electrons. The van der Waals surface area contributed by atoms with E-state index in [1.807, 2.05) is 48.5 Å². The third-order valence-electron chi connectivity index (χ3n) is 4.46. The van der Waals surface area contributed by atoms with Gasteiger partial charge in [-0.25, -0.2) is 0 Å². The Morgan fingerprint density at radius 3 is 2.30 bits per heavy atom. The second-order valence-corrected chi connectivity index (χ2v) is 6.08. The molecule has 0 bridgehead atoms. The molecular formula is C20H27NO2. The van der Waals surface area contributed by atoms with Crippen LogP contribution in [0.4, 0.5) is 0 Å². The van der Waals surface area contributed by atoms with Crippen molar-refractivity contribution in [2.75, 3.05) is 6.54 Å². The molecule has 3 rings (SSSR count). The van der Waals surface area contributed by atoms with E-state index in [0.29, 0.717) is 24.1 Å². The summed E-state index contributed by atoms with van der Waals surface area (Å²) < 4.78 is 5.82. The molecule has 3 N–H and O–H groups in total. The van der Waals surface area contributed by atoms with E-state index in [2.05, 4.69) is 13.8 Å². The van der Waals surface area contributed by atoms with Gasteiger partial charge in [0, 0.05) is 12.1 Å². The smallest absolute Gasteiger partial charge is 0.123 e. The number of hydrogen-bond donors (Lipinski definition) is 2. The van der Waals surface area contributed by atoms with E-state index in [1.165, 1.54) is 0 Å². The SMILES string of the molecule is CCC(C)C1CC(CN)Oc2ccc(O)cc21.c1ccccc1. The molecule has 0 fully saturated rings. The molecule has 23 heavy (non-hydrogen) atoms. The first-order valence-electron chi connectivity index (χ1n) is 8.35. The van der Waals surface area contributed by atoms with Crippen LogP contribution in [0.1, 0.15) is 38.2 Å². The van der Waals surface area contributed by atoms with Crippen molar-refractivity contribution in [1.29, 1.82) is 0 Å². The third-order valence-corrected chi connectivity index (χ3v) is 4.46. The van der Waals surface area contributed by atoms with Crippen molar-refractivity contribution in [3.8, 4) is 11.5 Å². The molecule has 0 spiro atoms. The van der Waals surface area contributed by atoms with Crippen LogP contribution in [-0.2, 0) is 0 Å². The minimum absolute atomic E-state index is 0.103. The zero-order valence-corrected chi connectivity index (χ0v) is 14.0. The van der Waals surface area contributed by atoms with Crippen molar-refractivity contribution in [3.63, 3.8) is 0 Å². The lowest BCUT2D eigenvalue weighted by atomic mass is 9.79. The molecule has 3 atom stereocenters. The van der Waals surface area contributed by atoms with Crippen molar-refractivity contribution < 1.29 is 9.84 Å². The van der Waals surface area contributed by atoms with E-state index < -0.39 is 0 Å². The van der Waals surface area contributed by atoms with Crippen molar-refractivity contribution >= 4 is 0 Å². The highest BCUT2D eigenvalue weighted by atomic mass is 16.5. The minimum Gasteiger partial charge on any atom is -0.508 e. The van der Waals surface area contributed by atoms with Gasteiger partial charge in [0.2, 0.25) is 0 Å². The van der Waals surface area contributed by atoms with Crippen LogP contribution in [0, 0.1) is 5.92 Å². The number of fused-ring (bicyclic) bond motifs is 1. The zero-order valence-electron chi connectivity index (χ0n) is 14.0. The van der Waals surface area contributed by atoms with Crippen molar-refractivity contribution in [3.05, 3.63) is 60.2 Å². The van der Waals surface area contributed by atoms with Crippen LogP contribution < -0.4 is 10.5 Å². The molecule has 3 nitrogen and oxygen atoms in total. The molecule has 0 radical (unpaired) electrons. The third kappa shape index (κ3) is 4.73. The van der Waals surface area contributed by atoms with Crippen molar-refractivity contribution in [1.82, 2.24) is 0 Å². The van der Waals surface area contributed by atoms with E-state index in [1.54, 1.807) is 6.07 Å². The Balaban J connectivity index is 0.000000268. The highest BCUT2D eigenvalue weighted by molar-refractivity contribution is 5.43. The van der Waals surface area contributed by atoms with Crippen LogP contribution in [-0.4, -0.2) is 17.8 Å². The van der Waals surface area contributed by atoms with E-state index in [0.717, 1.165) is 24.2 Å². The van der Waals surface area contributed by atoms with Crippen molar-refractivity contribution in [2.45, 2.75) is 38.7 Å². The van der Waals surface area contributed by atoms with Gasteiger partial charge >= 0.3 is 0 Å². The highest BCUT2D eigenvalue weighted by Gasteiger charge is 2.30. The van der Waals surface area contributed by atoms with Crippen LogP contribution >= 0.6 is 0 Å². The Bertz CT molecular complexity index is 559. The van der Waals surface area contributed by atoms with Gasteiger partial charge in [0.05, 0.1) is 0 Å². The molecule has 2 aromatic rings. The first-order chi connectivity index (χ1) is 11.2. The molecule has 3 heteroatoms. The number of rotatable bonds is 3. The maximum Gasteiger partial charge on any atom is 0.123 e. The van der Waals surface area contributed by atoms with Gasteiger partial charge in [-0.15, -0.1) is 0 Å². The normalized spacial score (nSPS) is 20.5. The largest absolute Gasteiger partial charge is 0.508 e. The van der Waals surface area contributed by atoms with Gasteiger partial charge in [-0.2, -0.15) is 0 Å². The summed E-state index contributed by atoms with van der Waals surface area (Å²) in [4.78, 5) is 0. The number of phenolic OH excluding ortho intramolecular Hbond substituents is 1. The molecule has 0 saturated heterocycles. The molecule has 0 amide bonds. The predicted molar refractivity (Wildman–Crippen MR) is 94.8 cm³/mol. The summed E-state index contributed by atoms with van der Waals surface area (Å²) in [6.45, 7) is 4.99. The Labute approximate surface area is 139 Å². The summed E-state index contributed by atoms with van der Waals surface area (Å²) in [6.07, 6.45) is 2.17. The average Bonchev–Trinajstić information content (AvgIpc) is 2.62. The fourth-order valence-electron chi connectivity index (χ4n) is 2.92. The van der Waals surface area contributed by atoms with E-state index in [4.69, 9.17) is 10.5 Å². The monoisotopic (exact) mass is 313 g/mol. The van der Waals surface area contributed by atoms with Crippen LogP contribution in [0.5, 0.6) is 11.5 Å². The molecule has 0 aromatic heterocycles. The van der Waals surface area contributed by atoms with Crippen molar-refractivity contribution in [2.24, 2.45) is 11.7 Å². The lowest BCUT2D eigenvalue weighted by Gasteiger charge is -2.34. The molecular weight excluding hydrogens is 286 g/mol. The number of ether oxygens (including phenoxy) is 1. The molecule has 1 aliphatic heterocycles. The summed E-state index contributed by atoms with van der Waals surface area (Å²) >= 11 is 0. The number of benzene rings is 2. The molecule has 0 aliphatic carbocycles. The fourth-order valence-corrected chi connectivity index (χ4v) is 2.92. The maximum absolute atomic E-state index is 9.60. The Kier molecular flexibility index (Phi) is 6.48. The average molecular weight is 313 g/mol. The molecule has 1 heterocycles. The van der Waals surface area contributed by atoms with Crippen LogP contribution in [0.2, 0.25) is 0 Å². The Hall–Kier alpha value is -2.00. The second kappa shape index (κ2) is 8.59. The van der Waals surface area contributed by atoms with Gasteiger partial charge in [-0.05, 0) is 36.5 Å². The molecule has 3 unspecified atom stereocenters. The summed E-state index contributed by atoms with van der Waals surface area (Å²) in [5.41, 5.74) is 6.85. The first-order valence-corrected chi connectivity index (χ1v) is 8.35. The van der Waals surface area contributed by atoms with Crippen LogP contribution in [0.25, 0.3) is 0 Å². The minimum atomic E-state index is 0.103. The van der Waals surface area contributed by atoms with Gasteiger partial charge < -0.3 is 15.6 Å². The molecule has 0 saturated carbocycles. The number of nitrogens with two attached hydrogens (primary N) is 1. The lowest BCUT2D eigenvalue weighted by molar-refractivity contribution is 0.149. The Morgan fingerprint density at radius 1 is 1.17 bits per heavy atom. The summed E-state index contributed by atoms with van der Waals surface area (Å²) in [5.74, 6) is 2.21. The first kappa shape index (κ1) is 17.4. The van der Waals surface area contributed by atoms with Gasteiger partial charge in [0.1, 0.15) is 17.6 Å². The van der Waals surface area contributed by atoms with Gasteiger partial charge in [-0.3, -0.25) is 0 Å². The number of phenols is 1. The molecule has 1 aliphatic rings. The Morgan fingerprint density at radius 2 is 1.78 bits per heavy atom. The topological polar surface area (TPSA) is 55.5 Å². The fraction of sp³-hybridized carbons (Fsp3) is 0.400. The summed E-state index contributed by atoms with van der Waals surface area (Å²) in [6, 6.07) is 17.4. The quantitative estimate of drug-likeness (QED) is 0.887. The second-order valence-electron chi connectivity index (χ2n) is 6.08. The predicted octanol–water partition coefficient (Wildman–Crippen LogP) is 4.32. The zero-order chi connectivity index (χ0) is 16.7. The van der Waals surface area contributed by atoms with E-state index in [-0.39, 0.29) is 6.10 Å². The van der Waals surface area contributed by atoms with E-state index in [9.17, 15) is 5.11 Å². The van der Waals surface area contributed by atoms with E-state index >= 15 is 0 Å².